The number of hydrogen-bond acceptors (Lipinski definition) is 4. The van der Waals surface area contributed by atoms with Crippen molar-refractivity contribution in [1.29, 1.82) is 0 Å². The van der Waals surface area contributed by atoms with E-state index in [9.17, 15) is 14.4 Å². The minimum Gasteiger partial charge on any atom is -0.344 e. The largest absolute Gasteiger partial charge is 0.344 e. The van der Waals surface area contributed by atoms with Crippen LogP contribution in [0.25, 0.3) is 0 Å². The molecule has 0 spiro atoms. The van der Waals surface area contributed by atoms with E-state index in [-0.39, 0.29) is 66.8 Å². The molecule has 2 heterocycles. The van der Waals surface area contributed by atoms with Gasteiger partial charge in [-0.3, -0.25) is 19.3 Å². The first-order chi connectivity index (χ1) is 18.4. The molecule has 5 rings (SSSR count). The molecule has 2 aliphatic heterocycles. The number of amides is 3. The number of benzene rings is 1. The number of nitrogens with one attached hydrogen (secondary N) is 2. The van der Waals surface area contributed by atoms with Gasteiger partial charge < -0.3 is 15.5 Å². The molecule has 7 nitrogen and oxygen atoms in total. The molecule has 0 bridgehead atoms. The van der Waals surface area contributed by atoms with Gasteiger partial charge in [-0.05, 0) is 55.7 Å². The highest BCUT2D eigenvalue weighted by molar-refractivity contribution is 5.93. The Morgan fingerprint density at radius 2 is 1.75 bits per heavy atom. The third-order valence-electron chi connectivity index (χ3n) is 9.49. The van der Waals surface area contributed by atoms with Crippen LogP contribution in [0.3, 0.4) is 0 Å². The summed E-state index contributed by atoms with van der Waals surface area (Å²) in [6.07, 6.45) is 6.89. The van der Waals surface area contributed by atoms with E-state index in [2.05, 4.69) is 15.5 Å². The monoisotopic (exact) mass is 598 g/mol. The summed E-state index contributed by atoms with van der Waals surface area (Å²) < 4.78 is 15.0. The van der Waals surface area contributed by atoms with E-state index < -0.39 is 24.3 Å². The summed E-state index contributed by atoms with van der Waals surface area (Å²) in [5.41, 5.74) is 1.74. The number of rotatable bonds is 7. The molecule has 2 N–H and O–H groups in total. The Bertz CT molecular complexity index is 1040. The molecule has 1 aromatic rings. The Balaban J connectivity index is 0.00000220. The van der Waals surface area contributed by atoms with Crippen LogP contribution in [-0.4, -0.2) is 71.5 Å². The molecule has 224 valence electrons. The number of carbonyl (C=O) groups excluding carboxylic acids is 3. The number of fused-ring (bicyclic) bond motifs is 2. The van der Waals surface area contributed by atoms with E-state index in [4.69, 9.17) is 0 Å². The zero-order valence-corrected chi connectivity index (χ0v) is 25.3. The number of halogens is 3. The summed E-state index contributed by atoms with van der Waals surface area (Å²) >= 11 is 0. The molecule has 2 aliphatic carbocycles. The van der Waals surface area contributed by atoms with Crippen molar-refractivity contribution < 1.29 is 18.8 Å². The van der Waals surface area contributed by atoms with Crippen molar-refractivity contribution in [3.05, 3.63) is 35.4 Å². The van der Waals surface area contributed by atoms with Crippen molar-refractivity contribution in [2.24, 2.45) is 11.8 Å². The molecule has 0 radical (unpaired) electrons. The number of nitrogens with zero attached hydrogens (tertiary/aromatic N) is 2. The summed E-state index contributed by atoms with van der Waals surface area (Å²) in [5.74, 6) is -0.651. The molecule has 1 saturated carbocycles. The molecule has 6 atom stereocenters. The van der Waals surface area contributed by atoms with Gasteiger partial charge >= 0.3 is 0 Å². The Hall–Kier alpha value is -1.90. The van der Waals surface area contributed by atoms with Crippen molar-refractivity contribution in [1.82, 2.24) is 20.4 Å². The average molecular weight is 600 g/mol. The fourth-order valence-electron chi connectivity index (χ4n) is 6.96. The van der Waals surface area contributed by atoms with Crippen LogP contribution in [0.2, 0.25) is 0 Å². The smallest absolute Gasteiger partial charge is 0.246 e. The lowest BCUT2D eigenvalue weighted by atomic mass is 9.82. The van der Waals surface area contributed by atoms with Gasteiger partial charge in [-0.2, -0.15) is 0 Å². The number of hydrogen-bond donors (Lipinski definition) is 2. The second-order valence-corrected chi connectivity index (χ2v) is 11.9. The van der Waals surface area contributed by atoms with Crippen molar-refractivity contribution in [3.8, 4) is 0 Å². The van der Waals surface area contributed by atoms with Crippen LogP contribution in [0.4, 0.5) is 4.39 Å². The zero-order valence-electron chi connectivity index (χ0n) is 23.6. The molecule has 10 heteroatoms. The summed E-state index contributed by atoms with van der Waals surface area (Å²) in [7, 11) is 0. The standard InChI is InChI=1S/C30H43FN4O3.2ClH/c1-3-19(2)28(36)32-26(20-10-5-4-6-11-20)30(38)35-17-22-13-9-15-34(22)18-25(35)29(37)33-27-23-14-8-7-12-21(23)16-24(27)31;;/h7-8,12,14,19-20,22,24-27H,3-6,9-11,13,15-18H2,1-2H3,(H,32,36)(H,33,37);2*1H/t19-,22-,24+,25+,26+,27+;;/m1../s1. The molecule has 2 saturated heterocycles. The van der Waals surface area contributed by atoms with Gasteiger partial charge in [0.15, 0.2) is 0 Å². The molecule has 0 aromatic heterocycles. The third-order valence-corrected chi connectivity index (χ3v) is 9.49. The van der Waals surface area contributed by atoms with Crippen LogP contribution in [0.1, 0.15) is 82.4 Å². The first-order valence-corrected chi connectivity index (χ1v) is 14.7. The van der Waals surface area contributed by atoms with E-state index in [1.54, 1.807) is 4.90 Å². The maximum atomic E-state index is 15.0. The van der Waals surface area contributed by atoms with Crippen molar-refractivity contribution in [2.75, 3.05) is 19.6 Å². The normalized spacial score (nSPS) is 27.8. The molecule has 1 aromatic carbocycles. The first-order valence-electron chi connectivity index (χ1n) is 14.7. The minimum atomic E-state index is -1.19. The second-order valence-electron chi connectivity index (χ2n) is 11.9. The van der Waals surface area contributed by atoms with E-state index in [1.165, 1.54) is 0 Å². The summed E-state index contributed by atoms with van der Waals surface area (Å²) in [5, 5.41) is 6.10. The van der Waals surface area contributed by atoms with Crippen LogP contribution >= 0.6 is 24.8 Å². The summed E-state index contributed by atoms with van der Waals surface area (Å²) in [4.78, 5) is 45.1. The second kappa shape index (κ2) is 14.3. The van der Waals surface area contributed by atoms with Gasteiger partial charge in [0.05, 0.1) is 6.04 Å². The zero-order chi connectivity index (χ0) is 26.8. The van der Waals surface area contributed by atoms with Crippen molar-refractivity contribution >= 4 is 42.5 Å². The molecule has 3 amide bonds. The SMILES string of the molecule is CC[C@@H](C)C(=O)N[C@H](C(=O)N1C[C@H]2CCCN2C[C@H]1C(=O)N[C@H]1c2ccccc2C[C@@H]1F)C1CCCCC1.Cl.Cl. The van der Waals surface area contributed by atoms with Gasteiger partial charge in [-0.15, -0.1) is 24.8 Å². The first kappa shape index (κ1) is 32.6. The summed E-state index contributed by atoms with van der Waals surface area (Å²) in [6.45, 7) is 5.69. The minimum absolute atomic E-state index is 0. The van der Waals surface area contributed by atoms with Crippen LogP contribution in [0.15, 0.2) is 24.3 Å². The Kier molecular flexibility index (Phi) is 11.7. The van der Waals surface area contributed by atoms with Crippen LogP contribution in [-0.2, 0) is 20.8 Å². The predicted molar refractivity (Wildman–Crippen MR) is 158 cm³/mol. The Morgan fingerprint density at radius 3 is 2.48 bits per heavy atom. The predicted octanol–water partition coefficient (Wildman–Crippen LogP) is 4.37. The fourth-order valence-corrected chi connectivity index (χ4v) is 6.96. The lowest BCUT2D eigenvalue weighted by molar-refractivity contribution is -0.150. The van der Waals surface area contributed by atoms with Crippen molar-refractivity contribution in [2.45, 2.75) is 102 Å². The molecule has 0 unspecified atom stereocenters. The fraction of sp³-hybridized carbons (Fsp3) is 0.700. The van der Waals surface area contributed by atoms with Gasteiger partial charge in [0.1, 0.15) is 18.3 Å². The number of piperazine rings is 1. The number of alkyl halides is 1. The van der Waals surface area contributed by atoms with E-state index in [0.717, 1.165) is 62.6 Å². The molecule has 3 fully saturated rings. The lowest BCUT2D eigenvalue weighted by Crippen LogP contribution is -2.66. The molecule has 40 heavy (non-hydrogen) atoms. The number of carbonyl (C=O) groups is 3. The highest BCUT2D eigenvalue weighted by atomic mass is 35.5. The van der Waals surface area contributed by atoms with Crippen LogP contribution in [0.5, 0.6) is 0 Å². The average Bonchev–Trinajstić information content (AvgIpc) is 3.53. The lowest BCUT2D eigenvalue weighted by Gasteiger charge is -2.45. The van der Waals surface area contributed by atoms with Gasteiger partial charge in [0, 0.05) is 31.5 Å². The summed E-state index contributed by atoms with van der Waals surface area (Å²) in [6, 6.07) is 5.75. The third kappa shape index (κ3) is 6.76. The van der Waals surface area contributed by atoms with Crippen LogP contribution in [0, 0.1) is 11.8 Å². The Labute approximate surface area is 250 Å². The van der Waals surface area contributed by atoms with E-state index >= 15 is 4.39 Å². The topological polar surface area (TPSA) is 81.8 Å². The van der Waals surface area contributed by atoms with E-state index in [1.807, 2.05) is 38.1 Å². The maximum absolute atomic E-state index is 15.0. The van der Waals surface area contributed by atoms with Gasteiger partial charge in [0.25, 0.3) is 0 Å². The highest BCUT2D eigenvalue weighted by Gasteiger charge is 2.46. The van der Waals surface area contributed by atoms with Gasteiger partial charge in [-0.1, -0.05) is 57.4 Å². The van der Waals surface area contributed by atoms with Crippen molar-refractivity contribution in [3.63, 3.8) is 0 Å². The quantitative estimate of drug-likeness (QED) is 0.488. The Morgan fingerprint density at radius 1 is 1.02 bits per heavy atom. The van der Waals surface area contributed by atoms with Gasteiger partial charge in [0.2, 0.25) is 17.7 Å². The van der Waals surface area contributed by atoms with Gasteiger partial charge in [-0.25, -0.2) is 4.39 Å². The molecular formula is C30H45Cl2FN4O3. The molecular weight excluding hydrogens is 554 g/mol. The molecule has 4 aliphatic rings. The van der Waals surface area contributed by atoms with E-state index in [0.29, 0.717) is 19.5 Å². The maximum Gasteiger partial charge on any atom is 0.246 e. The van der Waals surface area contributed by atoms with Crippen LogP contribution < -0.4 is 10.6 Å². The highest BCUT2D eigenvalue weighted by Crippen LogP contribution is 2.35.